The molecule has 2 saturated heterocycles. The number of ether oxygens (including phenoxy) is 2. The topological polar surface area (TPSA) is 99.6 Å². The van der Waals surface area contributed by atoms with Gasteiger partial charge >= 0.3 is 0 Å². The van der Waals surface area contributed by atoms with Gasteiger partial charge in [-0.3, -0.25) is 14.4 Å². The van der Waals surface area contributed by atoms with Gasteiger partial charge in [-0.15, -0.1) is 0 Å². The number of hydrogen-bond acceptors (Lipinski definition) is 6. The molecule has 10 heteroatoms. The Morgan fingerprint density at radius 3 is 2.30 bits per heavy atom. The highest BCUT2D eigenvalue weighted by Crippen LogP contribution is 2.60. The van der Waals surface area contributed by atoms with Gasteiger partial charge in [0.2, 0.25) is 11.8 Å². The van der Waals surface area contributed by atoms with E-state index in [1.165, 1.54) is 5.19 Å². The number of anilines is 2. The summed E-state index contributed by atoms with van der Waals surface area (Å²) in [5.41, 5.74) is 4.32. The van der Waals surface area contributed by atoms with E-state index in [0.717, 1.165) is 45.9 Å². The summed E-state index contributed by atoms with van der Waals surface area (Å²) in [5, 5.41) is 11.6. The second kappa shape index (κ2) is 13.6. The average molecular weight is 730 g/mol. The first kappa shape index (κ1) is 35.3. The third-order valence-electron chi connectivity index (χ3n) is 12.4. The maximum Gasteiger partial charge on any atom is 0.264 e. The predicted molar refractivity (Wildman–Crippen MR) is 207 cm³/mol. The number of benzene rings is 4. The smallest absolute Gasteiger partial charge is 0.264 e. The molecule has 0 radical (unpaired) electrons. The molecule has 274 valence electrons. The van der Waals surface area contributed by atoms with Crippen molar-refractivity contribution in [1.29, 1.82) is 0 Å². The van der Waals surface area contributed by atoms with E-state index in [0.29, 0.717) is 25.9 Å². The Labute approximate surface area is 312 Å². The number of aliphatic hydroxyl groups excluding tert-OH is 1. The first-order valence-electron chi connectivity index (χ1n) is 18.7. The number of rotatable bonds is 9. The molecule has 5 atom stereocenters. The number of aliphatic hydroxyl groups is 1. The van der Waals surface area contributed by atoms with Crippen LogP contribution in [0.25, 0.3) is 0 Å². The van der Waals surface area contributed by atoms with E-state index in [9.17, 15) is 14.7 Å². The lowest BCUT2D eigenvalue weighted by Crippen LogP contribution is -2.52. The lowest BCUT2D eigenvalue weighted by atomic mass is 9.82. The number of carbonyl (C=O) groups is 3. The minimum atomic E-state index is -2.47. The third-order valence-corrected chi connectivity index (χ3v) is 16.8. The van der Waals surface area contributed by atoms with Gasteiger partial charge in [-0.05, 0) is 59.0 Å². The van der Waals surface area contributed by atoms with E-state index in [-0.39, 0.29) is 48.3 Å². The van der Waals surface area contributed by atoms with Crippen LogP contribution in [0.3, 0.4) is 0 Å². The van der Waals surface area contributed by atoms with E-state index >= 15 is 4.79 Å². The first-order valence-corrected chi connectivity index (χ1v) is 21.7. The van der Waals surface area contributed by atoms with Gasteiger partial charge in [0.1, 0.15) is 5.75 Å². The SMILES string of the molecule is COc1ccc([Si](C)(C)[C@@H]2[C@@H](CC(=O)N3Cc4ccccc4C[C@H]3CO)O[C@]3(C(=O)N(Cc4ccc(N5CCC5=O)cc4)c4ccccc43)[C@H]2C)cc1. The summed E-state index contributed by atoms with van der Waals surface area (Å²) < 4.78 is 12.7. The summed E-state index contributed by atoms with van der Waals surface area (Å²) in [7, 11) is -0.815. The highest BCUT2D eigenvalue weighted by molar-refractivity contribution is 6.91. The Morgan fingerprint density at radius 1 is 0.943 bits per heavy atom. The second-order valence-corrected chi connectivity index (χ2v) is 20.2. The molecule has 8 rings (SSSR count). The van der Waals surface area contributed by atoms with Crippen molar-refractivity contribution >= 4 is 42.4 Å². The Balaban J connectivity index is 1.15. The van der Waals surface area contributed by atoms with Crippen molar-refractivity contribution in [3.05, 3.63) is 119 Å². The molecule has 0 unspecified atom stereocenters. The molecule has 1 N–H and O–H groups in total. The van der Waals surface area contributed by atoms with Gasteiger partial charge in [-0.1, -0.05) is 91.9 Å². The van der Waals surface area contributed by atoms with Crippen molar-refractivity contribution in [3.63, 3.8) is 0 Å². The lowest BCUT2D eigenvalue weighted by Gasteiger charge is -2.39. The van der Waals surface area contributed by atoms with Crippen molar-refractivity contribution in [2.24, 2.45) is 5.92 Å². The summed E-state index contributed by atoms with van der Waals surface area (Å²) in [5.74, 6) is 0.453. The van der Waals surface area contributed by atoms with Crippen molar-refractivity contribution in [1.82, 2.24) is 4.90 Å². The van der Waals surface area contributed by atoms with Gasteiger partial charge in [0.05, 0.1) is 52.6 Å². The van der Waals surface area contributed by atoms with Gasteiger partial charge in [-0.25, -0.2) is 0 Å². The van der Waals surface area contributed by atoms with Crippen LogP contribution in [0.15, 0.2) is 97.1 Å². The Bertz CT molecular complexity index is 2050. The highest BCUT2D eigenvalue weighted by atomic mass is 28.3. The Morgan fingerprint density at radius 2 is 1.64 bits per heavy atom. The zero-order valence-corrected chi connectivity index (χ0v) is 31.8. The minimum Gasteiger partial charge on any atom is -0.497 e. The molecule has 4 aromatic rings. The summed E-state index contributed by atoms with van der Waals surface area (Å²) in [6.45, 7) is 8.14. The Hall–Kier alpha value is -4.77. The van der Waals surface area contributed by atoms with Crippen molar-refractivity contribution in [3.8, 4) is 5.75 Å². The summed E-state index contributed by atoms with van der Waals surface area (Å²) in [4.78, 5) is 47.1. The molecular weight excluding hydrogens is 683 g/mol. The summed E-state index contributed by atoms with van der Waals surface area (Å²) >= 11 is 0. The van der Waals surface area contributed by atoms with Gasteiger partial charge in [0.15, 0.2) is 5.60 Å². The molecule has 4 aromatic carbocycles. The number of fused-ring (bicyclic) bond motifs is 3. The van der Waals surface area contributed by atoms with Crippen molar-refractivity contribution in [2.75, 3.05) is 30.1 Å². The van der Waals surface area contributed by atoms with Crippen molar-refractivity contribution in [2.45, 2.75) is 75.7 Å². The van der Waals surface area contributed by atoms with Crippen molar-refractivity contribution < 1.29 is 29.0 Å². The molecule has 2 fully saturated rings. The number of β-lactam (4-membered cyclic amide) rings is 1. The normalized spacial score (nSPS) is 25.0. The van der Waals surface area contributed by atoms with E-state index in [4.69, 9.17) is 9.47 Å². The number of para-hydroxylation sites is 1. The van der Waals surface area contributed by atoms with E-state index in [1.54, 1.807) is 12.0 Å². The monoisotopic (exact) mass is 729 g/mol. The van der Waals surface area contributed by atoms with Crippen LogP contribution in [0, 0.1) is 5.92 Å². The molecule has 0 aromatic heterocycles. The van der Waals surface area contributed by atoms with E-state index in [2.05, 4.69) is 44.3 Å². The molecule has 4 heterocycles. The molecule has 53 heavy (non-hydrogen) atoms. The number of carbonyl (C=O) groups excluding carboxylic acids is 3. The summed E-state index contributed by atoms with van der Waals surface area (Å²) in [6, 6.07) is 31.8. The zero-order valence-electron chi connectivity index (χ0n) is 30.8. The Kier molecular flexibility index (Phi) is 9.03. The molecule has 4 aliphatic heterocycles. The fourth-order valence-corrected chi connectivity index (χ4v) is 13.5. The predicted octanol–water partition coefficient (Wildman–Crippen LogP) is 5.53. The largest absolute Gasteiger partial charge is 0.497 e. The molecule has 0 saturated carbocycles. The van der Waals surface area contributed by atoms with Crippen LogP contribution < -0.4 is 19.7 Å². The molecule has 3 amide bonds. The van der Waals surface area contributed by atoms with Gasteiger partial charge < -0.3 is 29.3 Å². The van der Waals surface area contributed by atoms with Crippen LogP contribution in [0.1, 0.15) is 42.0 Å². The minimum absolute atomic E-state index is 0.0753. The average Bonchev–Trinajstić information content (AvgIpc) is 3.60. The standard InChI is InChI=1S/C43H47N3O6Si/c1-28-41(53(3,4)35-19-17-34(51-2)18-20-35)38(24-40(49)45-26-31-10-6-5-9-30(31)23-33(45)27-47)52-43(28)36-11-7-8-12-37(36)46(42(43)50)25-29-13-15-32(16-14-29)44-22-21-39(44)48/h5-20,28,33,38,41,47H,21-27H2,1-4H3/t28-,33-,38+,41-,43+/m0/s1. The van der Waals surface area contributed by atoms with Gasteiger partial charge in [0, 0.05) is 36.7 Å². The number of nitrogens with zero attached hydrogens (tertiary/aromatic N) is 3. The van der Waals surface area contributed by atoms with Crippen LogP contribution in [0.5, 0.6) is 5.75 Å². The third kappa shape index (κ3) is 5.78. The fraction of sp³-hybridized carbons (Fsp3) is 0.372. The first-order chi connectivity index (χ1) is 25.6. The fourth-order valence-electron chi connectivity index (χ4n) is 9.51. The molecule has 0 bridgehead atoms. The van der Waals surface area contributed by atoms with Crippen LogP contribution in [0.4, 0.5) is 11.4 Å². The molecule has 0 aliphatic carbocycles. The van der Waals surface area contributed by atoms with Gasteiger partial charge in [0.25, 0.3) is 5.91 Å². The van der Waals surface area contributed by atoms with E-state index in [1.807, 2.05) is 82.6 Å². The number of hydrogen-bond donors (Lipinski definition) is 1. The molecule has 1 spiro atoms. The van der Waals surface area contributed by atoms with Crippen LogP contribution in [-0.4, -0.2) is 68.2 Å². The van der Waals surface area contributed by atoms with Crippen LogP contribution >= 0.6 is 0 Å². The van der Waals surface area contributed by atoms with E-state index < -0.39 is 19.8 Å². The molecule has 9 nitrogen and oxygen atoms in total. The number of methoxy groups -OCH3 is 1. The molecular formula is C43H47N3O6Si. The maximum absolute atomic E-state index is 15.2. The quantitative estimate of drug-likeness (QED) is 0.180. The van der Waals surface area contributed by atoms with Gasteiger partial charge in [-0.2, -0.15) is 0 Å². The lowest BCUT2D eigenvalue weighted by molar-refractivity contribution is -0.151. The van der Waals surface area contributed by atoms with Crippen LogP contribution in [-0.2, 0) is 44.2 Å². The molecule has 4 aliphatic rings. The zero-order chi connectivity index (χ0) is 37.1. The second-order valence-electron chi connectivity index (χ2n) is 15.6. The highest BCUT2D eigenvalue weighted by Gasteiger charge is 2.66. The summed E-state index contributed by atoms with van der Waals surface area (Å²) in [6.07, 6.45) is 0.730. The van der Waals surface area contributed by atoms with Crippen LogP contribution in [0.2, 0.25) is 18.6 Å². The maximum atomic E-state index is 15.2. The number of amides is 3.